The van der Waals surface area contributed by atoms with Gasteiger partial charge in [0.1, 0.15) is 0 Å². The summed E-state index contributed by atoms with van der Waals surface area (Å²) in [6, 6.07) is 14.8. The first kappa shape index (κ1) is 17.4. The molecule has 0 aliphatic heterocycles. The van der Waals surface area contributed by atoms with Gasteiger partial charge in [-0.25, -0.2) is 0 Å². The maximum atomic E-state index is 5.95. The number of anilines is 6. The van der Waals surface area contributed by atoms with Gasteiger partial charge in [0.25, 0.3) is 0 Å². The largest absolute Gasteiger partial charge is 0.399 e. The Bertz CT molecular complexity index is 926. The topological polar surface area (TPSA) is 101 Å². The second kappa shape index (κ2) is 7.67. The lowest BCUT2D eigenvalue weighted by molar-refractivity contribution is 0.870. The maximum Gasteiger partial charge on any atom is 0.233 e. The molecule has 4 rings (SSSR count). The Hall–Kier alpha value is -3.06. The summed E-state index contributed by atoms with van der Waals surface area (Å²) in [6.07, 6.45) is 2.50. The molecular weight excluding hydrogens is 362 g/mol. The molecule has 1 fully saturated rings. The number of benzene rings is 2. The van der Waals surface area contributed by atoms with Gasteiger partial charge in [-0.2, -0.15) is 15.0 Å². The normalized spacial score (nSPS) is 13.2. The molecule has 0 atom stereocenters. The van der Waals surface area contributed by atoms with Crippen molar-refractivity contribution >= 4 is 46.5 Å². The van der Waals surface area contributed by atoms with E-state index in [2.05, 4.69) is 30.9 Å². The van der Waals surface area contributed by atoms with Gasteiger partial charge in [0.05, 0.1) is 0 Å². The van der Waals surface area contributed by atoms with E-state index in [0.717, 1.165) is 17.9 Å². The van der Waals surface area contributed by atoms with Crippen LogP contribution in [-0.2, 0) is 0 Å². The van der Waals surface area contributed by atoms with Gasteiger partial charge in [-0.1, -0.05) is 17.7 Å². The van der Waals surface area contributed by atoms with Crippen LogP contribution in [0.5, 0.6) is 0 Å². The molecule has 1 aliphatic carbocycles. The summed E-state index contributed by atoms with van der Waals surface area (Å²) in [5.41, 5.74) is 8.17. The lowest BCUT2D eigenvalue weighted by Crippen LogP contribution is -2.11. The first-order chi connectivity index (χ1) is 13.1. The van der Waals surface area contributed by atoms with Gasteiger partial charge in [-0.3, -0.25) is 0 Å². The first-order valence-electron chi connectivity index (χ1n) is 8.79. The summed E-state index contributed by atoms with van der Waals surface area (Å²) < 4.78 is 0. The molecule has 2 aromatic carbocycles. The van der Waals surface area contributed by atoms with Gasteiger partial charge in [0, 0.05) is 28.6 Å². The van der Waals surface area contributed by atoms with Crippen LogP contribution in [0.2, 0.25) is 5.02 Å². The molecule has 1 saturated carbocycles. The van der Waals surface area contributed by atoms with Crippen LogP contribution >= 0.6 is 11.6 Å². The Balaban J connectivity index is 1.58. The molecule has 8 heteroatoms. The zero-order valence-electron chi connectivity index (χ0n) is 14.6. The molecule has 0 spiro atoms. The van der Waals surface area contributed by atoms with Crippen molar-refractivity contribution in [1.29, 1.82) is 0 Å². The van der Waals surface area contributed by atoms with Crippen LogP contribution in [0.25, 0.3) is 0 Å². The van der Waals surface area contributed by atoms with Crippen LogP contribution in [0.15, 0.2) is 48.5 Å². The molecule has 0 bridgehead atoms. The zero-order chi connectivity index (χ0) is 18.6. The quantitative estimate of drug-likeness (QED) is 0.449. The summed E-state index contributed by atoms with van der Waals surface area (Å²) in [7, 11) is 0. The number of nitrogens with zero attached hydrogens (tertiary/aromatic N) is 3. The average Bonchev–Trinajstić information content (AvgIpc) is 3.46. The summed E-state index contributed by atoms with van der Waals surface area (Å²) in [4.78, 5) is 13.4. The maximum absolute atomic E-state index is 5.95. The number of hydrogen-bond acceptors (Lipinski definition) is 7. The second-order valence-corrected chi connectivity index (χ2v) is 6.95. The smallest absolute Gasteiger partial charge is 0.233 e. The van der Waals surface area contributed by atoms with Crippen molar-refractivity contribution < 1.29 is 0 Å². The minimum absolute atomic E-state index is 0.436. The van der Waals surface area contributed by atoms with Gasteiger partial charge in [0.15, 0.2) is 0 Å². The van der Waals surface area contributed by atoms with Gasteiger partial charge in [-0.05, 0) is 61.2 Å². The third-order valence-corrected chi connectivity index (χ3v) is 4.38. The number of nitrogen functional groups attached to an aromatic ring is 1. The Morgan fingerprint density at radius 3 is 2.22 bits per heavy atom. The molecule has 0 amide bonds. The van der Waals surface area contributed by atoms with Gasteiger partial charge in [-0.15, -0.1) is 0 Å². The average molecular weight is 382 g/mol. The van der Waals surface area contributed by atoms with Crippen LogP contribution in [0, 0.1) is 5.92 Å². The highest BCUT2D eigenvalue weighted by Gasteiger charge is 2.21. The Morgan fingerprint density at radius 1 is 0.889 bits per heavy atom. The Kier molecular flexibility index (Phi) is 4.93. The molecule has 0 unspecified atom stereocenters. The monoisotopic (exact) mass is 381 g/mol. The fourth-order valence-corrected chi connectivity index (χ4v) is 2.66. The van der Waals surface area contributed by atoms with Crippen molar-refractivity contribution in [2.75, 3.05) is 28.2 Å². The lowest BCUT2D eigenvalue weighted by atomic mass is 10.3. The van der Waals surface area contributed by atoms with Crippen LogP contribution in [0.3, 0.4) is 0 Å². The van der Waals surface area contributed by atoms with E-state index in [1.165, 1.54) is 12.8 Å². The number of halogens is 1. The minimum atomic E-state index is 0.436. The highest BCUT2D eigenvalue weighted by molar-refractivity contribution is 6.30. The van der Waals surface area contributed by atoms with E-state index in [1.807, 2.05) is 48.5 Å². The second-order valence-electron chi connectivity index (χ2n) is 6.51. The van der Waals surface area contributed by atoms with E-state index in [-0.39, 0.29) is 0 Å². The number of rotatable bonds is 7. The Morgan fingerprint density at radius 2 is 1.56 bits per heavy atom. The van der Waals surface area contributed by atoms with Crippen molar-refractivity contribution in [3.05, 3.63) is 53.6 Å². The van der Waals surface area contributed by atoms with E-state index >= 15 is 0 Å². The van der Waals surface area contributed by atoms with Gasteiger partial charge >= 0.3 is 0 Å². The van der Waals surface area contributed by atoms with Crippen molar-refractivity contribution in [3.8, 4) is 0 Å². The molecule has 5 N–H and O–H groups in total. The van der Waals surface area contributed by atoms with Gasteiger partial charge in [0.2, 0.25) is 17.8 Å². The summed E-state index contributed by atoms with van der Waals surface area (Å²) in [6.45, 7) is 0.863. The van der Waals surface area contributed by atoms with Crippen LogP contribution in [0.1, 0.15) is 12.8 Å². The van der Waals surface area contributed by atoms with E-state index in [1.54, 1.807) is 0 Å². The molecule has 1 aliphatic rings. The fourth-order valence-electron chi connectivity index (χ4n) is 2.53. The minimum Gasteiger partial charge on any atom is -0.399 e. The zero-order valence-corrected chi connectivity index (χ0v) is 15.4. The molecule has 1 aromatic heterocycles. The highest BCUT2D eigenvalue weighted by Crippen LogP contribution is 2.29. The van der Waals surface area contributed by atoms with E-state index in [4.69, 9.17) is 17.3 Å². The third-order valence-electron chi connectivity index (χ3n) is 4.12. The van der Waals surface area contributed by atoms with Crippen molar-refractivity contribution in [1.82, 2.24) is 15.0 Å². The third kappa shape index (κ3) is 4.98. The number of nitrogens with one attached hydrogen (secondary N) is 3. The SMILES string of the molecule is Nc1cccc(Nc2nc(NCC3CC3)nc(Nc3ccc(Cl)cc3)n2)c1. The Labute approximate surface area is 162 Å². The molecule has 1 heterocycles. The molecule has 0 radical (unpaired) electrons. The van der Waals surface area contributed by atoms with Crippen molar-refractivity contribution in [3.63, 3.8) is 0 Å². The lowest BCUT2D eigenvalue weighted by Gasteiger charge is -2.11. The molecule has 138 valence electrons. The van der Waals surface area contributed by atoms with Crippen LogP contribution in [0.4, 0.5) is 34.9 Å². The van der Waals surface area contributed by atoms with Gasteiger partial charge < -0.3 is 21.7 Å². The summed E-state index contributed by atoms with van der Waals surface area (Å²) in [5.74, 6) is 2.11. The summed E-state index contributed by atoms with van der Waals surface area (Å²) >= 11 is 5.95. The number of nitrogens with two attached hydrogens (primary N) is 1. The van der Waals surface area contributed by atoms with E-state index < -0.39 is 0 Å². The molecule has 7 nitrogen and oxygen atoms in total. The predicted molar refractivity (Wildman–Crippen MR) is 110 cm³/mol. The molecule has 27 heavy (non-hydrogen) atoms. The number of hydrogen-bond donors (Lipinski definition) is 4. The van der Waals surface area contributed by atoms with Crippen molar-refractivity contribution in [2.45, 2.75) is 12.8 Å². The highest BCUT2D eigenvalue weighted by atomic mass is 35.5. The van der Waals surface area contributed by atoms with E-state index in [9.17, 15) is 0 Å². The summed E-state index contributed by atoms with van der Waals surface area (Å²) in [5, 5.41) is 10.3. The molecule has 0 saturated heterocycles. The van der Waals surface area contributed by atoms with Crippen molar-refractivity contribution in [2.24, 2.45) is 5.92 Å². The number of aromatic nitrogens is 3. The molecule has 3 aromatic rings. The molecular formula is C19H20ClN7. The fraction of sp³-hybridized carbons (Fsp3) is 0.211. The first-order valence-corrected chi connectivity index (χ1v) is 9.17. The van der Waals surface area contributed by atoms with Crippen LogP contribution < -0.4 is 21.7 Å². The predicted octanol–water partition coefficient (Wildman–Crippen LogP) is 4.42. The van der Waals surface area contributed by atoms with E-state index in [0.29, 0.717) is 34.5 Å². The van der Waals surface area contributed by atoms with Crippen LogP contribution in [-0.4, -0.2) is 21.5 Å². The standard InChI is InChI=1S/C19H20ClN7/c20-13-6-8-15(9-7-13)23-18-25-17(22-11-12-4-5-12)26-19(27-18)24-16-3-1-2-14(21)10-16/h1-3,6-10,12H,4-5,11,21H2,(H3,22,23,24,25,26,27).